The van der Waals surface area contributed by atoms with Gasteiger partial charge in [0.2, 0.25) is 0 Å². The van der Waals surface area contributed by atoms with Crippen molar-refractivity contribution >= 4 is 5.91 Å². The number of carbonyl (C=O) groups excluding carboxylic acids is 1. The zero-order valence-corrected chi connectivity index (χ0v) is 11.7. The maximum atomic E-state index is 11.8. The molecular formula is C14H22N2O3. The Hall–Kier alpha value is -1.33. The lowest BCUT2D eigenvalue weighted by atomic mass is 9.56. The monoisotopic (exact) mass is 266 g/mol. The molecule has 1 fully saturated rings. The number of H-pyrrole nitrogens is 1. The van der Waals surface area contributed by atoms with E-state index in [-0.39, 0.29) is 24.0 Å². The second-order valence-corrected chi connectivity index (χ2v) is 5.67. The average Bonchev–Trinajstić information content (AvgIpc) is 2.89. The smallest absolute Gasteiger partial charge is 0.267 e. The van der Waals surface area contributed by atoms with Crippen LogP contribution in [0.3, 0.4) is 0 Å². The number of rotatable bonds is 5. The van der Waals surface area contributed by atoms with E-state index in [4.69, 9.17) is 4.74 Å². The minimum Gasteiger partial charge on any atom is -0.387 e. The number of ether oxygens (including phenoxy) is 1. The summed E-state index contributed by atoms with van der Waals surface area (Å²) in [6.45, 7) is 6.76. The Kier molecular flexibility index (Phi) is 3.69. The molecule has 1 amide bonds. The van der Waals surface area contributed by atoms with Gasteiger partial charge in [0.1, 0.15) is 5.69 Å². The molecule has 0 spiro atoms. The molecule has 5 heteroatoms. The maximum Gasteiger partial charge on any atom is 0.267 e. The Labute approximate surface area is 113 Å². The highest BCUT2D eigenvalue weighted by atomic mass is 16.5. The lowest BCUT2D eigenvalue weighted by molar-refractivity contribution is -0.237. The number of aromatic amines is 1. The molecule has 1 aliphatic rings. The molecule has 19 heavy (non-hydrogen) atoms. The second-order valence-electron chi connectivity index (χ2n) is 5.67. The van der Waals surface area contributed by atoms with Gasteiger partial charge in [-0.3, -0.25) is 4.79 Å². The molecule has 1 aliphatic carbocycles. The summed E-state index contributed by atoms with van der Waals surface area (Å²) in [5.41, 5.74) is -0.761. The Morgan fingerprint density at radius 2 is 2.37 bits per heavy atom. The number of nitrogens with one attached hydrogen (secondary N) is 2. The van der Waals surface area contributed by atoms with Crippen LogP contribution in [0.15, 0.2) is 18.3 Å². The van der Waals surface area contributed by atoms with Crippen molar-refractivity contribution in [1.29, 1.82) is 0 Å². The van der Waals surface area contributed by atoms with Crippen molar-refractivity contribution in [3.8, 4) is 0 Å². The standard InChI is InChI=1S/C14H22N2O3/c1-4-19-11-8-14(18,13(11,2)3)9-16-12(17)10-6-5-7-15-10/h5-7,11,15,18H,4,8-9H2,1-3H3,(H,16,17)/t11-,14+/m1/s1. The Bertz CT molecular complexity index is 442. The molecule has 3 N–H and O–H groups in total. The van der Waals surface area contributed by atoms with Gasteiger partial charge in [0.15, 0.2) is 0 Å². The summed E-state index contributed by atoms with van der Waals surface area (Å²) in [6.07, 6.45) is 2.30. The zero-order valence-electron chi connectivity index (χ0n) is 11.7. The van der Waals surface area contributed by atoms with Gasteiger partial charge < -0.3 is 20.1 Å². The number of carbonyl (C=O) groups is 1. The van der Waals surface area contributed by atoms with E-state index >= 15 is 0 Å². The van der Waals surface area contributed by atoms with Crippen LogP contribution in [-0.2, 0) is 4.74 Å². The van der Waals surface area contributed by atoms with Crippen molar-refractivity contribution in [3.63, 3.8) is 0 Å². The SMILES string of the molecule is CCO[C@@H]1C[C@](O)(CNC(=O)c2ccc[nH]2)C1(C)C. The third-order valence-electron chi connectivity index (χ3n) is 4.28. The maximum absolute atomic E-state index is 11.8. The topological polar surface area (TPSA) is 74.3 Å². The van der Waals surface area contributed by atoms with Gasteiger partial charge in [-0.25, -0.2) is 0 Å². The van der Waals surface area contributed by atoms with Crippen LogP contribution in [0.2, 0.25) is 0 Å². The lowest BCUT2D eigenvalue weighted by Crippen LogP contribution is -2.68. The molecule has 2 atom stereocenters. The Balaban J connectivity index is 1.91. The van der Waals surface area contributed by atoms with Gasteiger partial charge in [0.05, 0.1) is 11.7 Å². The first-order chi connectivity index (χ1) is 8.90. The number of aromatic nitrogens is 1. The lowest BCUT2D eigenvalue weighted by Gasteiger charge is -2.57. The molecule has 0 unspecified atom stereocenters. The fourth-order valence-electron chi connectivity index (χ4n) is 2.56. The fourth-order valence-corrected chi connectivity index (χ4v) is 2.56. The van der Waals surface area contributed by atoms with E-state index in [0.717, 1.165) is 0 Å². The van der Waals surface area contributed by atoms with Crippen LogP contribution in [0.25, 0.3) is 0 Å². The summed E-state index contributed by atoms with van der Waals surface area (Å²) in [5, 5.41) is 13.3. The van der Waals surface area contributed by atoms with Crippen LogP contribution in [0.4, 0.5) is 0 Å². The van der Waals surface area contributed by atoms with Crippen molar-refractivity contribution in [2.45, 2.75) is 38.9 Å². The normalized spacial score (nSPS) is 28.7. The predicted octanol–water partition coefficient (Wildman–Crippen LogP) is 1.31. The minimum absolute atomic E-state index is 0.0462. The van der Waals surface area contributed by atoms with Gasteiger partial charge in [-0.2, -0.15) is 0 Å². The number of hydrogen-bond donors (Lipinski definition) is 3. The quantitative estimate of drug-likeness (QED) is 0.752. The molecule has 0 aliphatic heterocycles. The molecule has 1 aromatic rings. The van der Waals surface area contributed by atoms with E-state index in [9.17, 15) is 9.90 Å². The van der Waals surface area contributed by atoms with E-state index in [1.807, 2.05) is 20.8 Å². The summed E-state index contributed by atoms with van der Waals surface area (Å²) in [6, 6.07) is 3.47. The molecule has 0 aromatic carbocycles. The Morgan fingerprint density at radius 1 is 1.63 bits per heavy atom. The van der Waals surface area contributed by atoms with Crippen molar-refractivity contribution in [1.82, 2.24) is 10.3 Å². The van der Waals surface area contributed by atoms with Gasteiger partial charge in [-0.15, -0.1) is 0 Å². The van der Waals surface area contributed by atoms with Gasteiger partial charge in [0, 0.05) is 31.2 Å². The molecule has 5 nitrogen and oxygen atoms in total. The first-order valence-corrected chi connectivity index (χ1v) is 6.66. The summed E-state index contributed by atoms with van der Waals surface area (Å²) >= 11 is 0. The van der Waals surface area contributed by atoms with Gasteiger partial charge in [-0.05, 0) is 19.1 Å². The van der Waals surface area contributed by atoms with Gasteiger partial charge >= 0.3 is 0 Å². The molecular weight excluding hydrogens is 244 g/mol. The van der Waals surface area contributed by atoms with Crippen LogP contribution in [0, 0.1) is 5.41 Å². The minimum atomic E-state index is -0.908. The van der Waals surface area contributed by atoms with Crippen molar-refractivity contribution in [2.24, 2.45) is 5.41 Å². The van der Waals surface area contributed by atoms with Crippen molar-refractivity contribution in [2.75, 3.05) is 13.2 Å². The van der Waals surface area contributed by atoms with E-state index in [1.165, 1.54) is 0 Å². The van der Waals surface area contributed by atoms with Gasteiger partial charge in [0.25, 0.3) is 5.91 Å². The van der Waals surface area contributed by atoms with Crippen LogP contribution in [0.5, 0.6) is 0 Å². The van der Waals surface area contributed by atoms with Gasteiger partial charge in [-0.1, -0.05) is 13.8 Å². The number of amides is 1. The Morgan fingerprint density at radius 3 is 2.89 bits per heavy atom. The molecule has 0 radical (unpaired) electrons. The van der Waals surface area contributed by atoms with Crippen LogP contribution in [0.1, 0.15) is 37.7 Å². The molecule has 0 saturated heterocycles. The van der Waals surface area contributed by atoms with E-state index in [2.05, 4.69) is 10.3 Å². The highest BCUT2D eigenvalue weighted by molar-refractivity contribution is 5.92. The van der Waals surface area contributed by atoms with Crippen LogP contribution in [-0.4, -0.2) is 40.9 Å². The molecule has 1 aromatic heterocycles. The predicted molar refractivity (Wildman–Crippen MR) is 71.9 cm³/mol. The first-order valence-electron chi connectivity index (χ1n) is 6.66. The zero-order chi connectivity index (χ0) is 14.1. The summed E-state index contributed by atoms with van der Waals surface area (Å²) in [5.74, 6) is -0.200. The highest BCUT2D eigenvalue weighted by Crippen LogP contribution is 2.50. The molecule has 0 bridgehead atoms. The average molecular weight is 266 g/mol. The molecule has 106 valence electrons. The fraction of sp³-hybridized carbons (Fsp3) is 0.643. The van der Waals surface area contributed by atoms with Crippen LogP contribution >= 0.6 is 0 Å². The molecule has 1 heterocycles. The number of aliphatic hydroxyl groups is 1. The summed E-state index contributed by atoms with van der Waals surface area (Å²) in [7, 11) is 0. The van der Waals surface area contributed by atoms with E-state index in [0.29, 0.717) is 18.7 Å². The second kappa shape index (κ2) is 4.98. The summed E-state index contributed by atoms with van der Waals surface area (Å²) in [4.78, 5) is 14.7. The third kappa shape index (κ3) is 2.40. The van der Waals surface area contributed by atoms with Crippen molar-refractivity contribution in [3.05, 3.63) is 24.0 Å². The summed E-state index contributed by atoms with van der Waals surface area (Å²) < 4.78 is 5.59. The molecule has 1 saturated carbocycles. The highest BCUT2D eigenvalue weighted by Gasteiger charge is 2.59. The van der Waals surface area contributed by atoms with Crippen LogP contribution < -0.4 is 5.32 Å². The molecule has 2 rings (SSSR count). The van der Waals surface area contributed by atoms with E-state index < -0.39 is 5.60 Å². The number of hydrogen-bond acceptors (Lipinski definition) is 3. The third-order valence-corrected chi connectivity index (χ3v) is 4.28. The largest absolute Gasteiger partial charge is 0.387 e. The van der Waals surface area contributed by atoms with E-state index in [1.54, 1.807) is 18.3 Å². The first kappa shape index (κ1) is 14.1. The van der Waals surface area contributed by atoms with Crippen molar-refractivity contribution < 1.29 is 14.6 Å².